The van der Waals surface area contributed by atoms with Gasteiger partial charge in [-0.25, -0.2) is 4.98 Å². The Morgan fingerprint density at radius 1 is 1.35 bits per heavy atom. The van der Waals surface area contributed by atoms with E-state index in [-0.39, 0.29) is 30.2 Å². The Labute approximate surface area is 152 Å². The van der Waals surface area contributed by atoms with Gasteiger partial charge in [0, 0.05) is 42.2 Å². The van der Waals surface area contributed by atoms with E-state index in [2.05, 4.69) is 10.3 Å². The van der Waals surface area contributed by atoms with Crippen LogP contribution in [0.2, 0.25) is 5.02 Å². The lowest BCUT2D eigenvalue weighted by molar-refractivity contribution is -0.140. The third-order valence-electron chi connectivity index (χ3n) is 4.29. The second kappa shape index (κ2) is 6.92. The van der Waals surface area contributed by atoms with Crippen LogP contribution in [-0.2, 0) is 11.0 Å². The van der Waals surface area contributed by atoms with Crippen molar-refractivity contribution in [1.29, 1.82) is 0 Å². The fourth-order valence-corrected chi connectivity index (χ4v) is 3.29. The van der Waals surface area contributed by atoms with Gasteiger partial charge in [-0.1, -0.05) is 11.6 Å². The highest BCUT2D eigenvalue weighted by Gasteiger charge is 2.34. The lowest BCUT2D eigenvalue weighted by Crippen LogP contribution is -2.50. The van der Waals surface area contributed by atoms with E-state index < -0.39 is 24.0 Å². The van der Waals surface area contributed by atoms with E-state index in [0.717, 1.165) is 6.07 Å². The highest BCUT2D eigenvalue weighted by atomic mass is 35.5. The number of pyridine rings is 1. The molecule has 1 fully saturated rings. The average Bonchev–Trinajstić information content (AvgIpc) is 2.53. The molecule has 1 aliphatic rings. The summed E-state index contributed by atoms with van der Waals surface area (Å²) < 4.78 is 39.5. The van der Waals surface area contributed by atoms with Gasteiger partial charge in [0.1, 0.15) is 5.69 Å². The third-order valence-corrected chi connectivity index (χ3v) is 4.53. The molecule has 1 aromatic heterocycles. The molecule has 1 saturated heterocycles. The van der Waals surface area contributed by atoms with Crippen molar-refractivity contribution in [2.75, 3.05) is 18.4 Å². The smallest absolute Gasteiger partial charge is 0.391 e. The summed E-state index contributed by atoms with van der Waals surface area (Å²) in [6.07, 6.45) is -5.03. The van der Waals surface area contributed by atoms with Crippen molar-refractivity contribution in [3.63, 3.8) is 0 Å². The second-order valence-corrected chi connectivity index (χ2v) is 6.81. The zero-order valence-electron chi connectivity index (χ0n) is 13.8. The van der Waals surface area contributed by atoms with Gasteiger partial charge >= 0.3 is 6.18 Å². The van der Waals surface area contributed by atoms with E-state index >= 15 is 0 Å². The van der Waals surface area contributed by atoms with Crippen molar-refractivity contribution in [1.82, 2.24) is 9.88 Å². The molecule has 26 heavy (non-hydrogen) atoms. The Bertz CT molecular complexity index is 844. The monoisotopic (exact) mass is 387 g/mol. The maximum absolute atomic E-state index is 13.2. The normalized spacial score (nSPS) is 21.1. The largest absolute Gasteiger partial charge is 0.433 e. The summed E-state index contributed by atoms with van der Waals surface area (Å²) in [4.78, 5) is 16.7. The number of aromatic nitrogens is 1. The van der Waals surface area contributed by atoms with Gasteiger partial charge in [0.25, 0.3) is 0 Å². The first-order chi connectivity index (χ1) is 12.1. The molecule has 2 heterocycles. The van der Waals surface area contributed by atoms with Gasteiger partial charge in [-0.15, -0.1) is 0 Å². The van der Waals surface area contributed by atoms with Gasteiger partial charge in [-0.05, 0) is 30.7 Å². The number of β-amino-alcohol motifs (C(OH)–C–C–N with tert-alkyl or cyclic N) is 1. The molecular formula is C17H17ClF3N3O2. The van der Waals surface area contributed by atoms with Crippen LogP contribution in [0.1, 0.15) is 19.0 Å². The van der Waals surface area contributed by atoms with Crippen molar-refractivity contribution in [2.24, 2.45) is 0 Å². The van der Waals surface area contributed by atoms with E-state index in [9.17, 15) is 23.1 Å². The molecule has 1 aliphatic heterocycles. The van der Waals surface area contributed by atoms with E-state index in [0.29, 0.717) is 16.8 Å². The number of carbonyl (C=O) groups is 1. The number of hydrogen-bond donors (Lipinski definition) is 2. The molecule has 0 spiro atoms. The minimum absolute atomic E-state index is 0.159. The van der Waals surface area contributed by atoms with E-state index in [1.807, 2.05) is 0 Å². The summed E-state index contributed by atoms with van der Waals surface area (Å²) in [5.41, 5.74) is -0.645. The highest BCUT2D eigenvalue weighted by Crippen LogP contribution is 2.34. The molecule has 0 saturated carbocycles. The number of carbonyl (C=O) groups excluding carboxylic acids is 1. The molecule has 2 aromatic rings. The van der Waals surface area contributed by atoms with Crippen LogP contribution in [0.3, 0.4) is 0 Å². The van der Waals surface area contributed by atoms with E-state index in [1.165, 1.54) is 30.0 Å². The molecule has 9 heteroatoms. The molecule has 3 rings (SSSR count). The Balaban J connectivity index is 2.00. The molecule has 0 unspecified atom stereocenters. The maximum atomic E-state index is 13.2. The highest BCUT2D eigenvalue weighted by molar-refractivity contribution is 6.31. The number of hydrogen-bond acceptors (Lipinski definition) is 4. The maximum Gasteiger partial charge on any atom is 0.433 e. The quantitative estimate of drug-likeness (QED) is 0.829. The number of anilines is 1. The molecule has 2 N–H and O–H groups in total. The van der Waals surface area contributed by atoms with Crippen molar-refractivity contribution in [2.45, 2.75) is 31.7 Å². The van der Waals surface area contributed by atoms with Crippen LogP contribution < -0.4 is 5.32 Å². The number of nitrogens with zero attached hydrogens (tertiary/aromatic N) is 2. The van der Waals surface area contributed by atoms with Crippen LogP contribution in [0.25, 0.3) is 10.9 Å². The number of rotatable bonds is 2. The number of halogens is 4. The molecule has 0 aliphatic carbocycles. The molecular weight excluding hydrogens is 371 g/mol. The lowest BCUT2D eigenvalue weighted by atomic mass is 10.0. The lowest BCUT2D eigenvalue weighted by Gasteiger charge is -2.36. The first-order valence-electron chi connectivity index (χ1n) is 8.01. The van der Waals surface area contributed by atoms with Crippen molar-refractivity contribution in [3.8, 4) is 0 Å². The van der Waals surface area contributed by atoms with Crippen LogP contribution in [0.4, 0.5) is 18.9 Å². The van der Waals surface area contributed by atoms with Crippen LogP contribution in [0.15, 0.2) is 24.3 Å². The summed E-state index contributed by atoms with van der Waals surface area (Å²) in [7, 11) is 0. The van der Waals surface area contributed by atoms with Crippen molar-refractivity contribution >= 4 is 34.1 Å². The molecule has 1 amide bonds. The van der Waals surface area contributed by atoms with Crippen LogP contribution in [0, 0.1) is 0 Å². The van der Waals surface area contributed by atoms with E-state index in [4.69, 9.17) is 11.6 Å². The minimum Gasteiger partial charge on any atom is -0.391 e. The summed E-state index contributed by atoms with van der Waals surface area (Å²) in [5.74, 6) is -0.200. The Morgan fingerprint density at radius 2 is 2.08 bits per heavy atom. The third kappa shape index (κ3) is 4.02. The first-order valence-corrected chi connectivity index (χ1v) is 8.39. The second-order valence-electron chi connectivity index (χ2n) is 6.37. The van der Waals surface area contributed by atoms with Crippen LogP contribution >= 0.6 is 11.6 Å². The number of piperidine rings is 1. The predicted molar refractivity (Wildman–Crippen MR) is 92.0 cm³/mol. The number of nitrogens with one attached hydrogen (secondary N) is 1. The molecule has 5 nitrogen and oxygen atoms in total. The summed E-state index contributed by atoms with van der Waals surface area (Å²) in [6.45, 7) is 1.89. The van der Waals surface area contributed by atoms with Crippen molar-refractivity contribution < 1.29 is 23.1 Å². The molecule has 140 valence electrons. The predicted octanol–water partition coefficient (Wildman–Crippen LogP) is 3.30. The average molecular weight is 388 g/mol. The number of benzene rings is 1. The number of fused-ring (bicyclic) bond motifs is 1. The molecule has 0 bridgehead atoms. The van der Waals surface area contributed by atoms with Crippen LogP contribution in [-0.4, -0.2) is 46.1 Å². The van der Waals surface area contributed by atoms with Gasteiger partial charge in [0.05, 0.1) is 11.6 Å². The molecule has 0 radical (unpaired) electrons. The number of alkyl halides is 3. The summed E-state index contributed by atoms with van der Waals surface area (Å²) in [6, 6.07) is 4.97. The first kappa shape index (κ1) is 18.7. The number of aliphatic hydroxyl groups excluding tert-OH is 1. The zero-order valence-corrected chi connectivity index (χ0v) is 14.6. The number of aliphatic hydroxyl groups is 1. The van der Waals surface area contributed by atoms with Gasteiger partial charge in [0.2, 0.25) is 5.91 Å². The minimum atomic E-state index is -4.60. The van der Waals surface area contributed by atoms with Crippen molar-refractivity contribution in [3.05, 3.63) is 35.0 Å². The van der Waals surface area contributed by atoms with Crippen LogP contribution in [0.5, 0.6) is 0 Å². The number of likely N-dealkylation sites (tertiary alicyclic amines) is 1. The number of amides is 1. The molecule has 1 aromatic carbocycles. The SMILES string of the molecule is CC(=O)N1C[C@H](O)C[C@@H](Nc2cc(C(F)(F)F)nc3ccc(Cl)cc23)C1. The van der Waals surface area contributed by atoms with Gasteiger partial charge in [-0.3, -0.25) is 4.79 Å². The van der Waals surface area contributed by atoms with Gasteiger partial charge < -0.3 is 15.3 Å². The Hall–Kier alpha value is -2.06. The topological polar surface area (TPSA) is 65.5 Å². The zero-order chi connectivity index (χ0) is 19.1. The summed E-state index contributed by atoms with van der Waals surface area (Å²) >= 11 is 5.98. The Kier molecular flexibility index (Phi) is 4.98. The summed E-state index contributed by atoms with van der Waals surface area (Å²) in [5, 5.41) is 13.8. The van der Waals surface area contributed by atoms with E-state index in [1.54, 1.807) is 0 Å². The van der Waals surface area contributed by atoms with Gasteiger partial charge in [0.15, 0.2) is 0 Å². The molecule has 2 atom stereocenters. The fraction of sp³-hybridized carbons (Fsp3) is 0.412. The fourth-order valence-electron chi connectivity index (χ4n) is 3.12. The Morgan fingerprint density at radius 3 is 2.73 bits per heavy atom. The van der Waals surface area contributed by atoms with Gasteiger partial charge in [-0.2, -0.15) is 13.2 Å². The standard InChI is InChI=1S/C17H17ClF3N3O2/c1-9(25)24-7-11(5-12(26)8-24)22-15-6-16(17(19,20)21)23-14-3-2-10(18)4-13(14)15/h2-4,6,11-12,26H,5,7-8H2,1H3,(H,22,23)/t11-,12-/m1/s1.